The topological polar surface area (TPSA) is 24.9 Å². The molecule has 1 aliphatic rings. The van der Waals surface area contributed by atoms with Crippen LogP contribution in [0.4, 0.5) is 0 Å². The van der Waals surface area contributed by atoms with Crippen LogP contribution in [0.15, 0.2) is 36.5 Å². The summed E-state index contributed by atoms with van der Waals surface area (Å²) < 4.78 is 0. The first kappa shape index (κ1) is 14.8. The molecule has 1 N–H and O–H groups in total. The van der Waals surface area contributed by atoms with Crippen LogP contribution in [0.2, 0.25) is 10.0 Å². The van der Waals surface area contributed by atoms with E-state index >= 15 is 0 Å². The largest absolute Gasteiger partial charge is 0.308 e. The molecule has 0 radical (unpaired) electrons. The maximum atomic E-state index is 6.31. The zero-order valence-corrected chi connectivity index (χ0v) is 13.5. The molecular weight excluding hydrogens is 303 g/mol. The van der Waals surface area contributed by atoms with Crippen LogP contribution in [0, 0.1) is 0 Å². The first-order valence-electron chi connectivity index (χ1n) is 7.27. The number of hydrogen-bond donors (Lipinski definition) is 1. The van der Waals surface area contributed by atoms with E-state index in [0.717, 1.165) is 11.6 Å². The highest BCUT2D eigenvalue weighted by Crippen LogP contribution is 2.37. The summed E-state index contributed by atoms with van der Waals surface area (Å²) in [5, 5.41) is 4.46. The van der Waals surface area contributed by atoms with Crippen molar-refractivity contribution in [3.8, 4) is 0 Å². The van der Waals surface area contributed by atoms with E-state index in [0.29, 0.717) is 10.0 Å². The quantitative estimate of drug-likeness (QED) is 0.860. The second kappa shape index (κ2) is 6.35. The van der Waals surface area contributed by atoms with Crippen LogP contribution in [0.25, 0.3) is 0 Å². The Morgan fingerprint density at radius 3 is 2.67 bits per heavy atom. The summed E-state index contributed by atoms with van der Waals surface area (Å²) in [6.45, 7) is 0. The third-order valence-corrected chi connectivity index (χ3v) is 4.73. The first-order chi connectivity index (χ1) is 10.2. The number of benzene rings is 1. The lowest BCUT2D eigenvalue weighted by Gasteiger charge is -2.27. The van der Waals surface area contributed by atoms with Crippen molar-refractivity contribution in [2.45, 2.75) is 31.2 Å². The van der Waals surface area contributed by atoms with Crippen LogP contribution < -0.4 is 5.32 Å². The fraction of sp³-hybridized carbons (Fsp3) is 0.353. The average Bonchev–Trinajstić information content (AvgIpc) is 2.40. The number of pyridine rings is 1. The average molecular weight is 321 g/mol. The first-order valence-corrected chi connectivity index (χ1v) is 8.02. The Hall–Kier alpha value is -1.09. The molecule has 3 rings (SSSR count). The molecule has 0 bridgehead atoms. The number of aromatic nitrogens is 1. The van der Waals surface area contributed by atoms with E-state index in [-0.39, 0.29) is 6.04 Å². The van der Waals surface area contributed by atoms with Gasteiger partial charge in [0.05, 0.1) is 21.8 Å². The van der Waals surface area contributed by atoms with Crippen molar-refractivity contribution >= 4 is 23.2 Å². The standard InChI is InChI=1S/C17H18Cl2N2/c1-20-16(17-15(19)9-14(18)10-21-17)13-7-3-6-12(8-13)11-4-2-5-11/h3,6-11,16,20H,2,4-5H2,1H3. The van der Waals surface area contributed by atoms with Crippen molar-refractivity contribution in [1.82, 2.24) is 10.3 Å². The van der Waals surface area contributed by atoms with E-state index in [9.17, 15) is 0 Å². The normalized spacial score (nSPS) is 16.5. The molecule has 0 spiro atoms. The zero-order chi connectivity index (χ0) is 14.8. The summed E-state index contributed by atoms with van der Waals surface area (Å²) >= 11 is 12.2. The lowest BCUT2D eigenvalue weighted by molar-refractivity contribution is 0.419. The van der Waals surface area contributed by atoms with Crippen LogP contribution >= 0.6 is 23.2 Å². The van der Waals surface area contributed by atoms with Gasteiger partial charge in [-0.3, -0.25) is 4.98 Å². The predicted octanol–water partition coefficient (Wildman–Crippen LogP) is 4.96. The maximum Gasteiger partial charge on any atom is 0.0805 e. The molecule has 1 saturated carbocycles. The van der Waals surface area contributed by atoms with Crippen molar-refractivity contribution in [3.05, 3.63) is 63.4 Å². The molecule has 1 aromatic heterocycles. The van der Waals surface area contributed by atoms with E-state index in [4.69, 9.17) is 23.2 Å². The van der Waals surface area contributed by atoms with Gasteiger partial charge in [0, 0.05) is 6.20 Å². The van der Waals surface area contributed by atoms with Gasteiger partial charge >= 0.3 is 0 Å². The van der Waals surface area contributed by atoms with Crippen LogP contribution in [0.1, 0.15) is 48.0 Å². The van der Waals surface area contributed by atoms with Gasteiger partial charge < -0.3 is 5.32 Å². The van der Waals surface area contributed by atoms with Crippen LogP contribution in [-0.2, 0) is 0 Å². The minimum Gasteiger partial charge on any atom is -0.308 e. The zero-order valence-electron chi connectivity index (χ0n) is 11.9. The molecule has 1 unspecified atom stereocenters. The molecule has 21 heavy (non-hydrogen) atoms. The molecule has 1 atom stereocenters. The number of hydrogen-bond acceptors (Lipinski definition) is 2. The summed E-state index contributed by atoms with van der Waals surface area (Å²) in [7, 11) is 1.92. The van der Waals surface area contributed by atoms with Gasteiger partial charge in [-0.25, -0.2) is 0 Å². The van der Waals surface area contributed by atoms with Gasteiger partial charge in [0.15, 0.2) is 0 Å². The number of nitrogens with zero attached hydrogens (tertiary/aromatic N) is 1. The third kappa shape index (κ3) is 3.08. The molecule has 1 aliphatic carbocycles. The Bertz CT molecular complexity index is 638. The molecule has 1 fully saturated rings. The van der Waals surface area contributed by atoms with Crippen LogP contribution in [0.3, 0.4) is 0 Å². The lowest BCUT2D eigenvalue weighted by atomic mass is 9.79. The van der Waals surface area contributed by atoms with Crippen molar-refractivity contribution < 1.29 is 0 Å². The summed E-state index contributed by atoms with van der Waals surface area (Å²) in [6, 6.07) is 10.5. The van der Waals surface area contributed by atoms with Crippen molar-refractivity contribution in [3.63, 3.8) is 0 Å². The van der Waals surface area contributed by atoms with Crippen LogP contribution in [0.5, 0.6) is 0 Å². The second-order valence-corrected chi connectivity index (χ2v) is 6.38. The molecular formula is C17H18Cl2N2. The smallest absolute Gasteiger partial charge is 0.0805 e. The van der Waals surface area contributed by atoms with Gasteiger partial charge in [0.25, 0.3) is 0 Å². The highest BCUT2D eigenvalue weighted by Gasteiger charge is 2.22. The molecule has 0 aliphatic heterocycles. The molecule has 2 nitrogen and oxygen atoms in total. The van der Waals surface area contributed by atoms with Gasteiger partial charge in [-0.1, -0.05) is 53.9 Å². The molecule has 1 aromatic carbocycles. The fourth-order valence-electron chi connectivity index (χ4n) is 2.83. The van der Waals surface area contributed by atoms with Gasteiger partial charge in [-0.05, 0) is 43.0 Å². The predicted molar refractivity (Wildman–Crippen MR) is 88.2 cm³/mol. The molecule has 0 amide bonds. The van der Waals surface area contributed by atoms with E-state index < -0.39 is 0 Å². The lowest BCUT2D eigenvalue weighted by Crippen LogP contribution is -2.20. The van der Waals surface area contributed by atoms with Gasteiger partial charge in [-0.2, -0.15) is 0 Å². The molecule has 2 aromatic rings. The number of halogens is 2. The van der Waals surface area contributed by atoms with Crippen molar-refractivity contribution in [2.75, 3.05) is 7.05 Å². The van der Waals surface area contributed by atoms with Crippen molar-refractivity contribution in [1.29, 1.82) is 0 Å². The van der Waals surface area contributed by atoms with E-state index in [1.807, 2.05) is 7.05 Å². The maximum absolute atomic E-state index is 6.31. The Morgan fingerprint density at radius 2 is 2.05 bits per heavy atom. The molecule has 1 heterocycles. The highest BCUT2D eigenvalue weighted by atomic mass is 35.5. The Morgan fingerprint density at radius 1 is 1.24 bits per heavy atom. The van der Waals surface area contributed by atoms with Gasteiger partial charge in [-0.15, -0.1) is 0 Å². The molecule has 4 heteroatoms. The Labute approximate surface area is 135 Å². The second-order valence-electron chi connectivity index (χ2n) is 5.54. The Balaban J connectivity index is 1.95. The Kier molecular flexibility index (Phi) is 4.48. The highest BCUT2D eigenvalue weighted by molar-refractivity contribution is 6.34. The third-order valence-electron chi connectivity index (χ3n) is 4.22. The van der Waals surface area contributed by atoms with E-state index in [2.05, 4.69) is 34.6 Å². The monoisotopic (exact) mass is 320 g/mol. The SMILES string of the molecule is CNC(c1cccc(C2CCC2)c1)c1ncc(Cl)cc1Cl. The van der Waals surface area contributed by atoms with Gasteiger partial charge in [0.2, 0.25) is 0 Å². The van der Waals surface area contributed by atoms with Crippen LogP contribution in [-0.4, -0.2) is 12.0 Å². The van der Waals surface area contributed by atoms with Gasteiger partial charge in [0.1, 0.15) is 0 Å². The van der Waals surface area contributed by atoms with E-state index in [1.54, 1.807) is 12.3 Å². The summed E-state index contributed by atoms with van der Waals surface area (Å²) in [6.07, 6.45) is 5.58. The molecule has 110 valence electrons. The summed E-state index contributed by atoms with van der Waals surface area (Å²) in [4.78, 5) is 4.41. The van der Waals surface area contributed by atoms with Crippen molar-refractivity contribution in [2.24, 2.45) is 0 Å². The minimum absolute atomic E-state index is 0.0187. The fourth-order valence-corrected chi connectivity index (χ4v) is 3.32. The summed E-state index contributed by atoms with van der Waals surface area (Å²) in [5.41, 5.74) is 3.43. The molecule has 0 saturated heterocycles. The minimum atomic E-state index is -0.0187. The van der Waals surface area contributed by atoms with E-state index in [1.165, 1.54) is 30.4 Å². The summed E-state index contributed by atoms with van der Waals surface area (Å²) in [5.74, 6) is 0.719. The number of nitrogens with one attached hydrogen (secondary N) is 1. The number of rotatable bonds is 4.